The molecule has 3 nitrogen and oxygen atoms in total. The monoisotopic (exact) mass is 263 g/mol. The number of aromatic nitrogens is 1. The van der Waals surface area contributed by atoms with Crippen LogP contribution in [0.15, 0.2) is 41.5 Å². The molecule has 2 aliphatic rings. The molecule has 3 heteroatoms. The lowest BCUT2D eigenvalue weighted by molar-refractivity contribution is -0.909. The third-order valence-electron chi connectivity index (χ3n) is 4.32. The summed E-state index contributed by atoms with van der Waals surface area (Å²) in [6.07, 6.45) is 3.86. The third-order valence-corrected chi connectivity index (χ3v) is 4.32. The van der Waals surface area contributed by atoms with E-state index < -0.39 is 0 Å². The Balaban J connectivity index is 2.23. The van der Waals surface area contributed by atoms with Crippen molar-refractivity contribution in [2.45, 2.75) is 19.9 Å². The summed E-state index contributed by atoms with van der Waals surface area (Å²) in [5.41, 5.74) is 3.34. The Labute approximate surface area is 116 Å². The molecule has 0 saturated heterocycles. The molecule has 0 saturated carbocycles. The van der Waals surface area contributed by atoms with Crippen LogP contribution < -0.4 is 25.7 Å². The Kier molecular flexibility index (Phi) is 2.16. The van der Waals surface area contributed by atoms with Gasteiger partial charge < -0.3 is 0 Å². The Morgan fingerprint density at radius 1 is 1.10 bits per heavy atom. The predicted molar refractivity (Wildman–Crippen MR) is 75.8 cm³/mol. The van der Waals surface area contributed by atoms with Crippen LogP contribution in [0.3, 0.4) is 0 Å². The molecule has 1 aromatic heterocycles. The molecule has 0 fully saturated rings. The number of pyridine rings is 1. The molecule has 2 heterocycles. The molecule has 0 bridgehead atoms. The first-order valence-corrected chi connectivity index (χ1v) is 6.77. The lowest BCUT2D eigenvalue weighted by Crippen LogP contribution is -2.47. The van der Waals surface area contributed by atoms with Gasteiger partial charge >= 0.3 is 0 Å². The minimum Gasteiger partial charge on any atom is -0.285 e. The first-order valence-electron chi connectivity index (χ1n) is 6.77. The average Bonchev–Trinajstić information content (AvgIpc) is 2.83. The first-order chi connectivity index (χ1) is 9.66. The van der Waals surface area contributed by atoms with Crippen LogP contribution >= 0.6 is 0 Å². The second-order valence-corrected chi connectivity index (χ2v) is 5.40. The van der Waals surface area contributed by atoms with Crippen LogP contribution in [0.2, 0.25) is 0 Å². The zero-order chi connectivity index (χ0) is 13.9. The summed E-state index contributed by atoms with van der Waals surface area (Å²) in [6.45, 7) is 4.06. The van der Waals surface area contributed by atoms with Gasteiger partial charge in [0.1, 0.15) is 0 Å². The Morgan fingerprint density at radius 2 is 1.90 bits per heavy atom. The third kappa shape index (κ3) is 1.35. The van der Waals surface area contributed by atoms with Gasteiger partial charge in [-0.1, -0.05) is 18.2 Å². The topological polar surface area (TPSA) is 36.5 Å². The van der Waals surface area contributed by atoms with Crippen molar-refractivity contribution < 1.29 is 9.94 Å². The molecule has 1 aliphatic heterocycles. The van der Waals surface area contributed by atoms with Gasteiger partial charge in [-0.2, -0.15) is 0 Å². The van der Waals surface area contributed by atoms with E-state index in [0.717, 1.165) is 16.3 Å². The smallest absolute Gasteiger partial charge is 0.238 e. The van der Waals surface area contributed by atoms with Crippen molar-refractivity contribution in [1.29, 1.82) is 0 Å². The highest BCUT2D eigenvalue weighted by molar-refractivity contribution is 5.90. The van der Waals surface area contributed by atoms with Crippen molar-refractivity contribution in [1.82, 2.24) is 0 Å². The summed E-state index contributed by atoms with van der Waals surface area (Å²) in [5, 5.41) is 14.4. The van der Waals surface area contributed by atoms with Crippen molar-refractivity contribution in [2.24, 2.45) is 4.99 Å². The van der Waals surface area contributed by atoms with Crippen LogP contribution in [-0.4, -0.2) is 11.2 Å². The maximum Gasteiger partial charge on any atom is 0.238 e. The standard InChI is InChI=1S/C17H15N2O/c1-10-12-7-8-19(20)11(2)14(12)9-15-13-5-3-4-6-16(13)18-17(10)15/h3-9,17,20H,1-2H3/q+1. The normalized spacial score (nSPS) is 18.8. The second-order valence-electron chi connectivity index (χ2n) is 5.40. The van der Waals surface area contributed by atoms with Gasteiger partial charge in [0, 0.05) is 22.9 Å². The first kappa shape index (κ1) is 11.4. The van der Waals surface area contributed by atoms with Gasteiger partial charge in [0.25, 0.3) is 0 Å². The molecule has 1 aliphatic carbocycles. The molecule has 1 atom stereocenters. The second kappa shape index (κ2) is 3.79. The number of benzene rings is 1. The van der Waals surface area contributed by atoms with Crippen molar-refractivity contribution in [3.05, 3.63) is 63.2 Å². The van der Waals surface area contributed by atoms with Crippen LogP contribution in [0.5, 0.6) is 0 Å². The quantitative estimate of drug-likeness (QED) is 0.497. The van der Waals surface area contributed by atoms with Crippen molar-refractivity contribution in [3.63, 3.8) is 0 Å². The maximum absolute atomic E-state index is 9.85. The summed E-state index contributed by atoms with van der Waals surface area (Å²) < 4.78 is 1.18. The van der Waals surface area contributed by atoms with Gasteiger partial charge in [0.2, 0.25) is 11.9 Å². The van der Waals surface area contributed by atoms with Crippen molar-refractivity contribution in [2.75, 3.05) is 0 Å². The van der Waals surface area contributed by atoms with E-state index in [4.69, 9.17) is 4.99 Å². The van der Waals surface area contributed by atoms with Crippen LogP contribution in [-0.2, 0) is 0 Å². The van der Waals surface area contributed by atoms with Crippen LogP contribution in [0.1, 0.15) is 12.6 Å². The fourth-order valence-electron chi connectivity index (χ4n) is 3.17. The highest BCUT2D eigenvalue weighted by Gasteiger charge is 2.25. The summed E-state index contributed by atoms with van der Waals surface area (Å²) in [5.74, 6) is 0. The Bertz CT molecular complexity index is 987. The molecule has 2 aromatic rings. The maximum atomic E-state index is 9.85. The summed E-state index contributed by atoms with van der Waals surface area (Å²) >= 11 is 0. The van der Waals surface area contributed by atoms with Gasteiger partial charge in [0.15, 0.2) is 0 Å². The molecule has 0 amide bonds. The molecule has 0 radical (unpaired) electrons. The molecular weight excluding hydrogens is 248 g/mol. The Hall–Kier alpha value is -2.42. The lowest BCUT2D eigenvalue weighted by atomic mass is 9.92. The summed E-state index contributed by atoms with van der Waals surface area (Å²) in [6, 6.07) is 10.3. The molecule has 4 rings (SSSR count). The highest BCUT2D eigenvalue weighted by atomic mass is 16.5. The number of hydrogen-bond donors (Lipinski definition) is 1. The minimum absolute atomic E-state index is 0.119. The van der Waals surface area contributed by atoms with Crippen molar-refractivity contribution >= 4 is 17.2 Å². The van der Waals surface area contributed by atoms with E-state index in [0.29, 0.717) is 0 Å². The molecule has 1 N–H and O–H groups in total. The lowest BCUT2D eigenvalue weighted by Gasteiger charge is -2.15. The average molecular weight is 263 g/mol. The molecule has 98 valence electrons. The van der Waals surface area contributed by atoms with E-state index in [9.17, 15) is 5.21 Å². The minimum atomic E-state index is 0.119. The number of rotatable bonds is 0. The summed E-state index contributed by atoms with van der Waals surface area (Å²) in [7, 11) is 0. The van der Waals surface area contributed by atoms with E-state index in [1.54, 1.807) is 6.20 Å². The van der Waals surface area contributed by atoms with Gasteiger partial charge in [-0.15, -0.1) is 0 Å². The van der Waals surface area contributed by atoms with E-state index in [-0.39, 0.29) is 6.04 Å². The van der Waals surface area contributed by atoms with E-state index in [1.165, 1.54) is 26.3 Å². The number of nitrogens with zero attached hydrogens (tertiary/aromatic N) is 2. The molecule has 1 aromatic carbocycles. The van der Waals surface area contributed by atoms with Gasteiger partial charge in [-0.25, -0.2) is 0 Å². The largest absolute Gasteiger partial charge is 0.285 e. The summed E-state index contributed by atoms with van der Waals surface area (Å²) in [4.78, 5) is 4.83. The van der Waals surface area contributed by atoms with Crippen LogP contribution in [0.4, 0.5) is 0 Å². The zero-order valence-corrected chi connectivity index (χ0v) is 11.5. The van der Waals surface area contributed by atoms with Gasteiger partial charge in [-0.05, 0) is 35.4 Å². The number of para-hydroxylation sites is 1. The van der Waals surface area contributed by atoms with Crippen LogP contribution in [0, 0.1) is 6.92 Å². The highest BCUT2D eigenvalue weighted by Crippen LogP contribution is 2.20. The SMILES string of the molecule is CC1=c2cc[n+](O)c(C)c2=CC2=c3ccccc3=NC21. The van der Waals surface area contributed by atoms with Gasteiger partial charge in [0.05, 0.1) is 16.6 Å². The molecule has 20 heavy (non-hydrogen) atoms. The number of fused-ring (bicyclic) bond motifs is 3. The molecule has 0 spiro atoms. The number of hydrogen-bond acceptors (Lipinski definition) is 2. The van der Waals surface area contributed by atoms with E-state index in [1.807, 2.05) is 25.1 Å². The fourth-order valence-corrected chi connectivity index (χ4v) is 3.17. The van der Waals surface area contributed by atoms with Gasteiger partial charge in [-0.3, -0.25) is 10.2 Å². The fraction of sp³-hybridized carbons (Fsp3) is 0.176. The predicted octanol–water partition coefficient (Wildman–Crippen LogP) is -0.663. The molecular formula is C17H15N2O+. The van der Waals surface area contributed by atoms with Crippen molar-refractivity contribution in [3.8, 4) is 0 Å². The van der Waals surface area contributed by atoms with Crippen LogP contribution in [0.25, 0.3) is 17.2 Å². The zero-order valence-electron chi connectivity index (χ0n) is 11.5. The van der Waals surface area contributed by atoms with E-state index in [2.05, 4.69) is 25.1 Å². The van der Waals surface area contributed by atoms with E-state index >= 15 is 0 Å². The molecule has 1 unspecified atom stereocenters. The Morgan fingerprint density at radius 3 is 2.75 bits per heavy atom.